The molecule has 2 aromatic carbocycles. The number of benzene rings is 2. The zero-order valence-electron chi connectivity index (χ0n) is 16.7. The lowest BCUT2D eigenvalue weighted by Crippen LogP contribution is -2.39. The Bertz CT molecular complexity index is 1170. The Hall–Kier alpha value is -3.87. The highest BCUT2D eigenvalue weighted by Crippen LogP contribution is 2.44. The highest BCUT2D eigenvalue weighted by Gasteiger charge is 2.32. The van der Waals surface area contributed by atoms with Gasteiger partial charge in [-0.2, -0.15) is 0 Å². The molecule has 156 valence electrons. The van der Waals surface area contributed by atoms with E-state index < -0.39 is 12.1 Å². The Balaban J connectivity index is 1.34. The largest absolute Gasteiger partial charge is 0.478 e. The standard InChI is InChI=1S/C24H20N2O5/c27-13-15-11-20(23(28)29)22-12-25(9-10-26(15)22)24(30)31-14-21-18-7-3-1-5-16(18)17-6-2-4-8-19(17)21/h1-8,11,13,21H,9-10,12,14H2,(H,28,29). The fourth-order valence-corrected chi connectivity index (χ4v) is 4.65. The molecule has 0 fully saturated rings. The van der Waals surface area contributed by atoms with Gasteiger partial charge in [0.15, 0.2) is 6.29 Å². The number of rotatable bonds is 4. The summed E-state index contributed by atoms with van der Waals surface area (Å²) in [5.74, 6) is -1.16. The third-order valence-corrected chi connectivity index (χ3v) is 6.12. The Morgan fingerprint density at radius 1 is 1.03 bits per heavy atom. The third kappa shape index (κ3) is 3.09. The molecule has 5 rings (SSSR count). The number of aromatic carboxylic acids is 1. The van der Waals surface area contributed by atoms with Crippen molar-refractivity contribution in [3.8, 4) is 11.1 Å². The third-order valence-electron chi connectivity index (χ3n) is 6.12. The fourth-order valence-electron chi connectivity index (χ4n) is 4.65. The molecule has 3 aromatic rings. The predicted molar refractivity (Wildman–Crippen MR) is 112 cm³/mol. The lowest BCUT2D eigenvalue weighted by molar-refractivity contribution is 0.0685. The average molecular weight is 416 g/mol. The molecule has 0 bridgehead atoms. The van der Waals surface area contributed by atoms with E-state index in [-0.39, 0.29) is 24.6 Å². The second-order valence-corrected chi connectivity index (χ2v) is 7.73. The van der Waals surface area contributed by atoms with Gasteiger partial charge in [0, 0.05) is 19.0 Å². The molecule has 1 aromatic heterocycles. The van der Waals surface area contributed by atoms with Gasteiger partial charge in [-0.3, -0.25) is 4.79 Å². The number of carboxylic acids is 1. The van der Waals surface area contributed by atoms with Gasteiger partial charge in [0.1, 0.15) is 6.61 Å². The summed E-state index contributed by atoms with van der Waals surface area (Å²) in [5.41, 5.74) is 5.36. The van der Waals surface area contributed by atoms with E-state index in [1.54, 1.807) is 4.57 Å². The first kappa shape index (κ1) is 19.1. The number of fused-ring (bicyclic) bond motifs is 4. The van der Waals surface area contributed by atoms with Crippen molar-refractivity contribution < 1.29 is 24.2 Å². The van der Waals surface area contributed by atoms with Gasteiger partial charge < -0.3 is 19.3 Å². The second-order valence-electron chi connectivity index (χ2n) is 7.73. The summed E-state index contributed by atoms with van der Waals surface area (Å²) in [7, 11) is 0. The van der Waals surface area contributed by atoms with Crippen molar-refractivity contribution in [3.63, 3.8) is 0 Å². The normalized spacial score (nSPS) is 14.5. The summed E-state index contributed by atoms with van der Waals surface area (Å²) in [5, 5.41) is 9.44. The first-order chi connectivity index (χ1) is 15.1. The molecule has 0 radical (unpaired) electrons. The fraction of sp³-hybridized carbons (Fsp3) is 0.208. The highest BCUT2D eigenvalue weighted by molar-refractivity contribution is 5.92. The number of hydrogen-bond acceptors (Lipinski definition) is 4. The lowest BCUT2D eigenvalue weighted by atomic mass is 9.98. The van der Waals surface area contributed by atoms with Crippen LogP contribution in [0.3, 0.4) is 0 Å². The van der Waals surface area contributed by atoms with Crippen LogP contribution in [-0.4, -0.2) is 46.1 Å². The van der Waals surface area contributed by atoms with Crippen LogP contribution in [-0.2, 0) is 17.8 Å². The predicted octanol–water partition coefficient (Wildman–Crippen LogP) is 3.76. The Labute approximate surface area is 178 Å². The number of aromatic nitrogens is 1. The summed E-state index contributed by atoms with van der Waals surface area (Å²) in [6.45, 7) is 0.987. The lowest BCUT2D eigenvalue weighted by Gasteiger charge is -2.29. The Kier molecular flexibility index (Phi) is 4.58. The number of carbonyl (C=O) groups excluding carboxylic acids is 2. The van der Waals surface area contributed by atoms with Crippen LogP contribution in [0.2, 0.25) is 0 Å². The van der Waals surface area contributed by atoms with E-state index in [0.29, 0.717) is 30.8 Å². The van der Waals surface area contributed by atoms with Crippen molar-refractivity contribution in [1.29, 1.82) is 0 Å². The SMILES string of the molecule is O=Cc1cc(C(=O)O)c2n1CCN(C(=O)OCC1c3ccccc3-c3ccccc31)C2. The molecule has 7 nitrogen and oxygen atoms in total. The average Bonchev–Trinajstić information content (AvgIpc) is 3.33. The first-order valence-electron chi connectivity index (χ1n) is 10.1. The Morgan fingerprint density at radius 3 is 2.29 bits per heavy atom. The van der Waals surface area contributed by atoms with Gasteiger partial charge in [-0.15, -0.1) is 0 Å². The molecule has 1 aliphatic carbocycles. The summed E-state index contributed by atoms with van der Waals surface area (Å²) in [6, 6.07) is 17.6. The van der Waals surface area contributed by atoms with Gasteiger partial charge >= 0.3 is 12.1 Å². The molecule has 0 unspecified atom stereocenters. The van der Waals surface area contributed by atoms with Crippen LogP contribution in [0.15, 0.2) is 54.6 Å². The zero-order valence-corrected chi connectivity index (χ0v) is 16.7. The van der Waals surface area contributed by atoms with Crippen molar-refractivity contribution in [3.05, 3.63) is 82.7 Å². The minimum Gasteiger partial charge on any atom is -0.478 e. The number of nitrogens with zero attached hydrogens (tertiary/aromatic N) is 2. The molecule has 1 amide bonds. The van der Waals surface area contributed by atoms with E-state index in [0.717, 1.165) is 22.3 Å². The van der Waals surface area contributed by atoms with Crippen LogP contribution in [0.4, 0.5) is 4.79 Å². The second kappa shape index (κ2) is 7.43. The van der Waals surface area contributed by atoms with E-state index in [1.165, 1.54) is 11.0 Å². The molecule has 0 saturated carbocycles. The summed E-state index contributed by atoms with van der Waals surface area (Å²) >= 11 is 0. The molecule has 7 heteroatoms. The van der Waals surface area contributed by atoms with Crippen molar-refractivity contribution >= 4 is 18.3 Å². The summed E-state index contributed by atoms with van der Waals surface area (Å²) in [4.78, 5) is 37.1. The van der Waals surface area contributed by atoms with E-state index >= 15 is 0 Å². The van der Waals surface area contributed by atoms with E-state index in [9.17, 15) is 19.5 Å². The smallest absolute Gasteiger partial charge is 0.410 e. The number of carboxylic acid groups (broad SMARTS) is 1. The topological polar surface area (TPSA) is 88.8 Å². The minimum absolute atomic E-state index is 0.0400. The molecule has 0 saturated heterocycles. The number of hydrogen-bond donors (Lipinski definition) is 1. The van der Waals surface area contributed by atoms with Crippen LogP contribution < -0.4 is 0 Å². The van der Waals surface area contributed by atoms with Crippen LogP contribution in [0.5, 0.6) is 0 Å². The molecule has 1 N–H and O–H groups in total. The molecule has 0 atom stereocenters. The molecule has 2 heterocycles. The molecule has 1 aliphatic heterocycles. The van der Waals surface area contributed by atoms with E-state index in [2.05, 4.69) is 24.3 Å². The molecular weight excluding hydrogens is 396 g/mol. The molecule has 0 spiro atoms. The number of amides is 1. The van der Waals surface area contributed by atoms with E-state index in [1.807, 2.05) is 24.3 Å². The van der Waals surface area contributed by atoms with Gasteiger partial charge in [0.05, 0.1) is 23.5 Å². The summed E-state index contributed by atoms with van der Waals surface area (Å²) in [6.07, 6.45) is 0.150. The Morgan fingerprint density at radius 2 is 1.68 bits per heavy atom. The van der Waals surface area contributed by atoms with Crippen molar-refractivity contribution in [2.75, 3.05) is 13.2 Å². The molecule has 2 aliphatic rings. The zero-order chi connectivity index (χ0) is 21.5. The van der Waals surface area contributed by atoms with Gasteiger partial charge in [-0.05, 0) is 28.3 Å². The number of aldehydes is 1. The van der Waals surface area contributed by atoms with Gasteiger partial charge in [0.2, 0.25) is 0 Å². The van der Waals surface area contributed by atoms with Crippen LogP contribution in [0, 0.1) is 0 Å². The van der Waals surface area contributed by atoms with Crippen LogP contribution in [0.25, 0.3) is 11.1 Å². The van der Waals surface area contributed by atoms with Gasteiger partial charge in [0.25, 0.3) is 0 Å². The number of ether oxygens (including phenoxy) is 1. The van der Waals surface area contributed by atoms with Gasteiger partial charge in [-0.25, -0.2) is 9.59 Å². The summed E-state index contributed by atoms with van der Waals surface area (Å²) < 4.78 is 7.34. The van der Waals surface area contributed by atoms with Crippen molar-refractivity contribution in [1.82, 2.24) is 9.47 Å². The minimum atomic E-state index is -1.12. The van der Waals surface area contributed by atoms with Crippen LogP contribution in [0.1, 0.15) is 43.6 Å². The highest BCUT2D eigenvalue weighted by atomic mass is 16.6. The maximum atomic E-state index is 12.8. The van der Waals surface area contributed by atoms with Gasteiger partial charge in [-0.1, -0.05) is 48.5 Å². The molecule has 31 heavy (non-hydrogen) atoms. The monoisotopic (exact) mass is 416 g/mol. The quantitative estimate of drug-likeness (QED) is 0.654. The van der Waals surface area contributed by atoms with E-state index in [4.69, 9.17) is 4.74 Å². The van der Waals surface area contributed by atoms with Crippen molar-refractivity contribution in [2.45, 2.75) is 19.0 Å². The van der Waals surface area contributed by atoms with Crippen molar-refractivity contribution in [2.24, 2.45) is 0 Å². The maximum absolute atomic E-state index is 12.8. The molecular formula is C24H20N2O5. The number of carbonyl (C=O) groups is 3. The van der Waals surface area contributed by atoms with Crippen LogP contribution >= 0.6 is 0 Å². The first-order valence-corrected chi connectivity index (χ1v) is 10.1. The maximum Gasteiger partial charge on any atom is 0.410 e.